The van der Waals surface area contributed by atoms with Crippen LogP contribution in [0.3, 0.4) is 0 Å². The third-order valence-electron chi connectivity index (χ3n) is 3.33. The normalized spacial score (nSPS) is 17.5. The lowest BCUT2D eigenvalue weighted by atomic mass is 10.1. The van der Waals surface area contributed by atoms with Crippen LogP contribution in [0, 0.1) is 0 Å². The van der Waals surface area contributed by atoms with Crippen molar-refractivity contribution in [3.8, 4) is 0 Å². The number of hydrogen-bond acceptors (Lipinski definition) is 4. The number of hydrogen-bond donors (Lipinski definition) is 2. The van der Waals surface area contributed by atoms with Gasteiger partial charge in [-0.3, -0.25) is 9.59 Å². The van der Waals surface area contributed by atoms with Gasteiger partial charge in [0.2, 0.25) is 5.91 Å². The van der Waals surface area contributed by atoms with Gasteiger partial charge >= 0.3 is 0 Å². The van der Waals surface area contributed by atoms with Gasteiger partial charge in [-0.1, -0.05) is 6.07 Å². The van der Waals surface area contributed by atoms with Gasteiger partial charge in [0.1, 0.15) is 0 Å². The minimum Gasteiger partial charge on any atom is -0.378 e. The molecule has 0 aliphatic carbocycles. The van der Waals surface area contributed by atoms with Crippen LogP contribution in [-0.2, 0) is 9.59 Å². The zero-order valence-corrected chi connectivity index (χ0v) is 11.0. The molecule has 1 aromatic carbocycles. The summed E-state index contributed by atoms with van der Waals surface area (Å²) in [5, 5.41) is 9.77. The molecule has 1 aromatic rings. The number of primary amides is 1. The molecule has 19 heavy (non-hydrogen) atoms. The summed E-state index contributed by atoms with van der Waals surface area (Å²) in [6, 6.07) is 5.28. The molecule has 1 atom stereocenters. The Kier molecular flexibility index (Phi) is 3.44. The van der Waals surface area contributed by atoms with Crippen LogP contribution >= 0.6 is 0 Å². The first kappa shape index (κ1) is 13.4. The minimum absolute atomic E-state index is 0.121. The Morgan fingerprint density at radius 2 is 2.21 bits per heavy atom. The summed E-state index contributed by atoms with van der Waals surface area (Å²) >= 11 is 0. The standard InChI is InChI=1S/C13H17N3O3/c1-3-16(7-11(14)17)8-4-5-9-10(6-8)15(2)13(19)12(9)18/h4-6,12,18H,3,7H2,1-2H3,(H2,14,17). The van der Waals surface area contributed by atoms with Gasteiger partial charge in [-0.2, -0.15) is 0 Å². The second kappa shape index (κ2) is 4.89. The lowest BCUT2D eigenvalue weighted by molar-refractivity contribution is -0.125. The fourth-order valence-electron chi connectivity index (χ4n) is 2.26. The second-order valence-electron chi connectivity index (χ2n) is 4.52. The maximum atomic E-state index is 11.7. The summed E-state index contributed by atoms with van der Waals surface area (Å²) in [5.41, 5.74) is 7.26. The molecule has 0 radical (unpaired) electrons. The van der Waals surface area contributed by atoms with Gasteiger partial charge in [-0.15, -0.1) is 0 Å². The Morgan fingerprint density at radius 3 is 2.79 bits per heavy atom. The molecule has 0 spiro atoms. The highest BCUT2D eigenvalue weighted by Crippen LogP contribution is 2.37. The van der Waals surface area contributed by atoms with E-state index >= 15 is 0 Å². The Morgan fingerprint density at radius 1 is 1.53 bits per heavy atom. The van der Waals surface area contributed by atoms with E-state index in [0.717, 1.165) is 5.69 Å². The zero-order chi connectivity index (χ0) is 14.2. The van der Waals surface area contributed by atoms with Crippen LogP contribution < -0.4 is 15.5 Å². The molecule has 1 heterocycles. The van der Waals surface area contributed by atoms with E-state index in [1.807, 2.05) is 11.8 Å². The van der Waals surface area contributed by atoms with E-state index in [1.54, 1.807) is 25.2 Å². The van der Waals surface area contributed by atoms with Crippen molar-refractivity contribution in [2.45, 2.75) is 13.0 Å². The van der Waals surface area contributed by atoms with Crippen molar-refractivity contribution in [3.63, 3.8) is 0 Å². The van der Waals surface area contributed by atoms with Crippen molar-refractivity contribution in [2.24, 2.45) is 5.73 Å². The minimum atomic E-state index is -1.10. The molecular formula is C13H17N3O3. The number of carbonyl (C=O) groups excluding carboxylic acids is 2. The number of aliphatic hydroxyl groups excluding tert-OH is 1. The molecule has 0 bridgehead atoms. The molecule has 1 aliphatic rings. The molecule has 1 aliphatic heterocycles. The molecule has 2 rings (SSSR count). The number of benzene rings is 1. The summed E-state index contributed by atoms with van der Waals surface area (Å²) < 4.78 is 0. The summed E-state index contributed by atoms with van der Waals surface area (Å²) in [6.45, 7) is 2.66. The van der Waals surface area contributed by atoms with Crippen molar-refractivity contribution in [1.82, 2.24) is 0 Å². The smallest absolute Gasteiger partial charge is 0.260 e. The van der Waals surface area contributed by atoms with Crippen LogP contribution in [0.1, 0.15) is 18.6 Å². The van der Waals surface area contributed by atoms with Crippen molar-refractivity contribution >= 4 is 23.2 Å². The average molecular weight is 263 g/mol. The van der Waals surface area contributed by atoms with E-state index in [4.69, 9.17) is 5.73 Å². The first-order chi connectivity index (χ1) is 8.95. The Bertz CT molecular complexity index is 530. The number of fused-ring (bicyclic) bond motifs is 1. The number of aliphatic hydroxyl groups is 1. The molecule has 0 fully saturated rings. The zero-order valence-electron chi connectivity index (χ0n) is 11.0. The SMILES string of the molecule is CCN(CC(N)=O)c1ccc2c(c1)N(C)C(=O)C2O. The topological polar surface area (TPSA) is 86.9 Å². The van der Waals surface area contributed by atoms with E-state index < -0.39 is 12.0 Å². The van der Waals surface area contributed by atoms with Crippen molar-refractivity contribution in [3.05, 3.63) is 23.8 Å². The largest absolute Gasteiger partial charge is 0.378 e. The number of carbonyl (C=O) groups is 2. The van der Waals surface area contributed by atoms with E-state index in [9.17, 15) is 14.7 Å². The Balaban J connectivity index is 2.36. The highest BCUT2D eigenvalue weighted by molar-refractivity contribution is 6.04. The van der Waals surface area contributed by atoms with E-state index in [0.29, 0.717) is 17.8 Å². The maximum Gasteiger partial charge on any atom is 0.260 e. The van der Waals surface area contributed by atoms with Crippen LogP contribution in [0.25, 0.3) is 0 Å². The second-order valence-corrected chi connectivity index (χ2v) is 4.52. The van der Waals surface area contributed by atoms with Crippen molar-refractivity contribution < 1.29 is 14.7 Å². The van der Waals surface area contributed by atoms with E-state index in [2.05, 4.69) is 0 Å². The Hall–Kier alpha value is -2.08. The predicted octanol–water partition coefficient (Wildman–Crippen LogP) is 0.00800. The molecular weight excluding hydrogens is 246 g/mol. The van der Waals surface area contributed by atoms with Gasteiger partial charge in [0.05, 0.1) is 12.2 Å². The van der Waals surface area contributed by atoms with Gasteiger partial charge in [0.25, 0.3) is 5.91 Å². The molecule has 2 amide bonds. The lowest BCUT2D eigenvalue weighted by Crippen LogP contribution is -2.33. The third kappa shape index (κ3) is 2.26. The van der Waals surface area contributed by atoms with Crippen LogP contribution in [0.15, 0.2) is 18.2 Å². The van der Waals surface area contributed by atoms with E-state index in [1.165, 1.54) is 4.90 Å². The van der Waals surface area contributed by atoms with Crippen LogP contribution in [0.2, 0.25) is 0 Å². The van der Waals surface area contributed by atoms with Gasteiger partial charge in [-0.05, 0) is 19.1 Å². The molecule has 6 heteroatoms. The van der Waals surface area contributed by atoms with Gasteiger partial charge < -0.3 is 20.6 Å². The summed E-state index contributed by atoms with van der Waals surface area (Å²) in [5.74, 6) is -0.753. The Labute approximate surface area is 111 Å². The van der Waals surface area contributed by atoms with Crippen molar-refractivity contribution in [2.75, 3.05) is 29.9 Å². The van der Waals surface area contributed by atoms with Crippen LogP contribution in [0.4, 0.5) is 11.4 Å². The summed E-state index contributed by atoms with van der Waals surface area (Å²) in [7, 11) is 1.62. The average Bonchev–Trinajstić information content (AvgIpc) is 2.60. The van der Waals surface area contributed by atoms with Crippen LogP contribution in [-0.4, -0.2) is 37.1 Å². The number of anilines is 2. The molecule has 0 saturated heterocycles. The third-order valence-corrected chi connectivity index (χ3v) is 3.33. The monoisotopic (exact) mass is 263 g/mol. The first-order valence-electron chi connectivity index (χ1n) is 6.08. The number of nitrogens with two attached hydrogens (primary N) is 1. The molecule has 102 valence electrons. The highest BCUT2D eigenvalue weighted by atomic mass is 16.3. The van der Waals surface area contributed by atoms with Crippen molar-refractivity contribution in [1.29, 1.82) is 0 Å². The number of rotatable bonds is 4. The quantitative estimate of drug-likeness (QED) is 0.801. The van der Waals surface area contributed by atoms with Gasteiger partial charge in [-0.25, -0.2) is 0 Å². The first-order valence-corrected chi connectivity index (χ1v) is 6.08. The summed E-state index contributed by atoms with van der Waals surface area (Å²) in [6.07, 6.45) is -1.10. The lowest BCUT2D eigenvalue weighted by Gasteiger charge is -2.22. The number of nitrogens with zero attached hydrogens (tertiary/aromatic N) is 2. The molecule has 1 unspecified atom stereocenters. The molecule has 0 saturated carbocycles. The maximum absolute atomic E-state index is 11.7. The van der Waals surface area contributed by atoms with Gasteiger partial charge in [0.15, 0.2) is 6.10 Å². The molecule has 6 nitrogen and oxygen atoms in total. The molecule has 3 N–H and O–H groups in total. The fourth-order valence-corrected chi connectivity index (χ4v) is 2.26. The number of likely N-dealkylation sites (N-methyl/N-ethyl adjacent to an activating group) is 2. The predicted molar refractivity (Wildman–Crippen MR) is 71.9 cm³/mol. The molecule has 0 aromatic heterocycles. The number of amides is 2. The van der Waals surface area contributed by atoms with Gasteiger partial charge in [0, 0.05) is 24.8 Å². The fraction of sp³-hybridized carbons (Fsp3) is 0.385. The van der Waals surface area contributed by atoms with E-state index in [-0.39, 0.29) is 12.5 Å². The highest BCUT2D eigenvalue weighted by Gasteiger charge is 2.33. The summed E-state index contributed by atoms with van der Waals surface area (Å²) in [4.78, 5) is 25.9. The van der Waals surface area contributed by atoms with Crippen LogP contribution in [0.5, 0.6) is 0 Å².